The van der Waals surface area contributed by atoms with Gasteiger partial charge in [-0.25, -0.2) is 4.98 Å². The molecule has 5 heteroatoms. The summed E-state index contributed by atoms with van der Waals surface area (Å²) in [5, 5.41) is 0.915. The molecule has 0 aliphatic carbocycles. The summed E-state index contributed by atoms with van der Waals surface area (Å²) in [5.41, 5.74) is 6.37. The molecule has 0 bridgehead atoms. The minimum absolute atomic E-state index is 0.614. The quantitative estimate of drug-likeness (QED) is 0.940. The molecule has 2 N–H and O–H groups in total. The molecule has 2 rings (SSSR count). The highest BCUT2D eigenvalue weighted by Crippen LogP contribution is 2.28. The third kappa shape index (κ3) is 2.56. The van der Waals surface area contributed by atoms with Gasteiger partial charge in [-0.1, -0.05) is 6.07 Å². The van der Waals surface area contributed by atoms with Crippen molar-refractivity contribution >= 4 is 26.8 Å². The fourth-order valence-electron chi connectivity index (χ4n) is 1.66. The maximum atomic E-state index is 5.49. The number of nitrogens with two attached hydrogens (primary N) is 1. The molecule has 17 heavy (non-hydrogen) atoms. The molecule has 0 spiro atoms. The van der Waals surface area contributed by atoms with Crippen LogP contribution in [0.2, 0.25) is 0 Å². The van der Waals surface area contributed by atoms with Crippen LogP contribution in [0.25, 0.3) is 10.9 Å². The summed E-state index contributed by atoms with van der Waals surface area (Å²) in [6.45, 7) is 0.639. The Kier molecular flexibility index (Phi) is 3.91. The molecule has 0 atom stereocenters. The molecule has 0 unspecified atom stereocenters. The standard InChI is InChI=1S/C12H14BrN3O/c1-17-12-8-4-2-5-9(13)11(8)15-10(16-12)6-3-7-14/h2,4-5H,3,6-7,14H2,1H3. The van der Waals surface area contributed by atoms with E-state index in [1.54, 1.807) is 7.11 Å². The Hall–Kier alpha value is -1.20. The summed E-state index contributed by atoms with van der Waals surface area (Å²) in [6.07, 6.45) is 1.64. The smallest absolute Gasteiger partial charge is 0.224 e. The van der Waals surface area contributed by atoms with Gasteiger partial charge in [-0.3, -0.25) is 0 Å². The molecule has 4 nitrogen and oxygen atoms in total. The normalized spacial score (nSPS) is 10.8. The van der Waals surface area contributed by atoms with Crippen molar-refractivity contribution in [3.8, 4) is 5.88 Å². The number of fused-ring (bicyclic) bond motifs is 1. The number of halogens is 1. The summed E-state index contributed by atoms with van der Waals surface area (Å²) in [7, 11) is 1.62. The highest BCUT2D eigenvalue weighted by atomic mass is 79.9. The first kappa shape index (κ1) is 12.3. The first-order chi connectivity index (χ1) is 8.26. The van der Waals surface area contributed by atoms with Crippen molar-refractivity contribution < 1.29 is 4.74 Å². The first-order valence-electron chi connectivity index (χ1n) is 5.45. The number of ether oxygens (including phenoxy) is 1. The minimum atomic E-state index is 0.614. The van der Waals surface area contributed by atoms with Crippen molar-refractivity contribution in [2.24, 2.45) is 5.73 Å². The number of hydrogen-bond donors (Lipinski definition) is 1. The van der Waals surface area contributed by atoms with Gasteiger partial charge in [0.1, 0.15) is 5.82 Å². The Balaban J connectivity index is 2.55. The van der Waals surface area contributed by atoms with Crippen LogP contribution in [-0.4, -0.2) is 23.6 Å². The predicted octanol–water partition coefficient (Wildman–Crippen LogP) is 2.29. The third-order valence-electron chi connectivity index (χ3n) is 2.49. The molecule has 0 aliphatic rings. The van der Waals surface area contributed by atoms with Crippen LogP contribution in [0.3, 0.4) is 0 Å². The van der Waals surface area contributed by atoms with Gasteiger partial charge in [-0.05, 0) is 41.0 Å². The summed E-state index contributed by atoms with van der Waals surface area (Å²) in [5.74, 6) is 1.38. The van der Waals surface area contributed by atoms with Gasteiger partial charge in [-0.2, -0.15) is 4.98 Å². The number of benzene rings is 1. The third-order valence-corrected chi connectivity index (χ3v) is 3.13. The van der Waals surface area contributed by atoms with E-state index in [1.165, 1.54) is 0 Å². The second kappa shape index (κ2) is 5.42. The Morgan fingerprint density at radius 1 is 1.35 bits per heavy atom. The largest absolute Gasteiger partial charge is 0.480 e. The maximum absolute atomic E-state index is 5.49. The molecule has 0 aliphatic heterocycles. The van der Waals surface area contributed by atoms with Crippen molar-refractivity contribution in [3.05, 3.63) is 28.5 Å². The Morgan fingerprint density at radius 2 is 2.18 bits per heavy atom. The highest BCUT2D eigenvalue weighted by molar-refractivity contribution is 9.10. The average Bonchev–Trinajstić information content (AvgIpc) is 2.36. The first-order valence-corrected chi connectivity index (χ1v) is 6.24. The topological polar surface area (TPSA) is 61.0 Å². The van der Waals surface area contributed by atoms with Gasteiger partial charge in [0.15, 0.2) is 0 Å². The van der Waals surface area contributed by atoms with Gasteiger partial charge in [0, 0.05) is 10.9 Å². The van der Waals surface area contributed by atoms with E-state index in [-0.39, 0.29) is 0 Å². The van der Waals surface area contributed by atoms with E-state index in [1.807, 2.05) is 18.2 Å². The SMILES string of the molecule is COc1nc(CCCN)nc2c(Br)cccc12. The van der Waals surface area contributed by atoms with Gasteiger partial charge in [0.05, 0.1) is 18.0 Å². The van der Waals surface area contributed by atoms with E-state index in [2.05, 4.69) is 25.9 Å². The molecule has 0 radical (unpaired) electrons. The number of rotatable bonds is 4. The fourth-order valence-corrected chi connectivity index (χ4v) is 2.12. The lowest BCUT2D eigenvalue weighted by atomic mass is 10.2. The van der Waals surface area contributed by atoms with Crippen LogP contribution < -0.4 is 10.5 Å². The lowest BCUT2D eigenvalue weighted by molar-refractivity contribution is 0.400. The Labute approximate surface area is 108 Å². The highest BCUT2D eigenvalue weighted by Gasteiger charge is 2.09. The number of hydrogen-bond acceptors (Lipinski definition) is 4. The van der Waals surface area contributed by atoms with Crippen LogP contribution in [0.4, 0.5) is 0 Å². The van der Waals surface area contributed by atoms with Gasteiger partial charge >= 0.3 is 0 Å². The van der Waals surface area contributed by atoms with E-state index in [4.69, 9.17) is 10.5 Å². The van der Waals surface area contributed by atoms with E-state index in [9.17, 15) is 0 Å². The zero-order valence-corrected chi connectivity index (χ0v) is 11.2. The molecular formula is C12H14BrN3O. The second-order valence-electron chi connectivity index (χ2n) is 3.68. The number of aryl methyl sites for hydroxylation is 1. The summed E-state index contributed by atoms with van der Waals surface area (Å²) >= 11 is 3.49. The zero-order chi connectivity index (χ0) is 12.3. The van der Waals surface area contributed by atoms with Crippen molar-refractivity contribution in [1.29, 1.82) is 0 Å². The molecule has 90 valence electrons. The molecule has 1 aromatic carbocycles. The molecule has 0 fully saturated rings. The molecule has 0 saturated heterocycles. The van der Waals surface area contributed by atoms with E-state index < -0.39 is 0 Å². The fraction of sp³-hybridized carbons (Fsp3) is 0.333. The van der Waals surface area contributed by atoms with Crippen LogP contribution in [0.15, 0.2) is 22.7 Å². The zero-order valence-electron chi connectivity index (χ0n) is 9.61. The Morgan fingerprint density at radius 3 is 2.88 bits per heavy atom. The number of nitrogens with zero attached hydrogens (tertiary/aromatic N) is 2. The van der Waals surface area contributed by atoms with E-state index in [0.717, 1.165) is 34.0 Å². The molecule has 2 aromatic rings. The minimum Gasteiger partial charge on any atom is -0.480 e. The van der Waals surface area contributed by atoms with Crippen molar-refractivity contribution in [2.45, 2.75) is 12.8 Å². The van der Waals surface area contributed by atoms with Gasteiger partial charge in [-0.15, -0.1) is 0 Å². The number of para-hydroxylation sites is 1. The number of aromatic nitrogens is 2. The van der Waals surface area contributed by atoms with E-state index >= 15 is 0 Å². The molecule has 1 aromatic heterocycles. The van der Waals surface area contributed by atoms with Crippen LogP contribution in [0.5, 0.6) is 5.88 Å². The average molecular weight is 296 g/mol. The molecule has 1 heterocycles. The lowest BCUT2D eigenvalue weighted by Crippen LogP contribution is -2.04. The van der Waals surface area contributed by atoms with E-state index in [0.29, 0.717) is 12.4 Å². The van der Waals surface area contributed by atoms with Crippen molar-refractivity contribution in [3.63, 3.8) is 0 Å². The molecular weight excluding hydrogens is 282 g/mol. The van der Waals surface area contributed by atoms with Crippen LogP contribution in [0.1, 0.15) is 12.2 Å². The lowest BCUT2D eigenvalue weighted by Gasteiger charge is -2.08. The van der Waals surface area contributed by atoms with Crippen LogP contribution in [-0.2, 0) is 6.42 Å². The number of methoxy groups -OCH3 is 1. The van der Waals surface area contributed by atoms with Crippen LogP contribution in [0, 0.1) is 0 Å². The van der Waals surface area contributed by atoms with Crippen molar-refractivity contribution in [2.75, 3.05) is 13.7 Å². The molecule has 0 saturated carbocycles. The maximum Gasteiger partial charge on any atom is 0.224 e. The van der Waals surface area contributed by atoms with Gasteiger partial charge in [0.2, 0.25) is 5.88 Å². The summed E-state index contributed by atoms with van der Waals surface area (Å²) in [4.78, 5) is 8.92. The summed E-state index contributed by atoms with van der Waals surface area (Å²) < 4.78 is 6.25. The second-order valence-corrected chi connectivity index (χ2v) is 4.53. The molecule has 0 amide bonds. The monoisotopic (exact) mass is 295 g/mol. The predicted molar refractivity (Wildman–Crippen MR) is 71.2 cm³/mol. The van der Waals surface area contributed by atoms with Gasteiger partial charge in [0.25, 0.3) is 0 Å². The Bertz CT molecular complexity index is 530. The van der Waals surface area contributed by atoms with Gasteiger partial charge < -0.3 is 10.5 Å². The van der Waals surface area contributed by atoms with Crippen LogP contribution >= 0.6 is 15.9 Å². The summed E-state index contributed by atoms with van der Waals surface area (Å²) in [6, 6.07) is 5.85. The van der Waals surface area contributed by atoms with Crippen molar-refractivity contribution in [1.82, 2.24) is 9.97 Å².